The van der Waals surface area contributed by atoms with E-state index in [0.717, 1.165) is 6.08 Å². The minimum atomic E-state index is -0.838. The molecule has 0 amide bonds. The predicted molar refractivity (Wildman–Crippen MR) is 58.6 cm³/mol. The maximum absolute atomic E-state index is 9.78. The zero-order valence-electron chi connectivity index (χ0n) is 8.13. The van der Waals surface area contributed by atoms with Gasteiger partial charge in [-0.15, -0.1) is 4.91 Å². The number of nitrogens with zero attached hydrogens (tertiary/aromatic N) is 1. The molecule has 4 nitrogen and oxygen atoms in total. The van der Waals surface area contributed by atoms with Crippen molar-refractivity contribution < 1.29 is 9.63 Å². The Morgan fingerprint density at radius 3 is 2.13 bits per heavy atom. The normalized spacial score (nSPS) is 7.73. The predicted octanol–water partition coefficient (Wildman–Crippen LogP) is 2.73. The van der Waals surface area contributed by atoms with E-state index in [0.29, 0.717) is 0 Å². The second-order valence-corrected chi connectivity index (χ2v) is 2.30. The second kappa shape index (κ2) is 8.37. The van der Waals surface area contributed by atoms with Crippen LogP contribution in [0.2, 0.25) is 0 Å². The standard InChI is InChI=1S/C8H8.C3H3NO3/c1-2-8-6-4-3-5-7-8;1-2-3(5)7-4-6/h2-7H,1H2;2H,1H2. The largest absolute Gasteiger partial charge is 0.361 e. The molecule has 0 atom stereocenters. The van der Waals surface area contributed by atoms with Crippen molar-refractivity contribution in [2.24, 2.45) is 5.34 Å². The lowest BCUT2D eigenvalue weighted by atomic mass is 10.2. The zero-order valence-corrected chi connectivity index (χ0v) is 8.13. The molecule has 0 fully saturated rings. The quantitative estimate of drug-likeness (QED) is 0.433. The molecule has 0 aromatic heterocycles. The van der Waals surface area contributed by atoms with Gasteiger partial charge in [0.05, 0.1) is 0 Å². The van der Waals surface area contributed by atoms with Crippen LogP contribution in [0.4, 0.5) is 0 Å². The average molecular weight is 205 g/mol. The highest BCUT2D eigenvalue weighted by molar-refractivity contribution is 5.80. The molecular weight excluding hydrogens is 194 g/mol. The summed E-state index contributed by atoms with van der Waals surface area (Å²) in [5.41, 5.74) is 1.17. The second-order valence-electron chi connectivity index (χ2n) is 2.30. The van der Waals surface area contributed by atoms with E-state index in [1.165, 1.54) is 5.56 Å². The molecule has 1 aromatic carbocycles. The monoisotopic (exact) mass is 205 g/mol. The first-order valence-corrected chi connectivity index (χ1v) is 4.08. The van der Waals surface area contributed by atoms with E-state index >= 15 is 0 Å². The van der Waals surface area contributed by atoms with Gasteiger partial charge in [0, 0.05) is 6.08 Å². The van der Waals surface area contributed by atoms with Crippen molar-refractivity contribution in [3.05, 3.63) is 60.0 Å². The Morgan fingerprint density at radius 1 is 1.27 bits per heavy atom. The van der Waals surface area contributed by atoms with Crippen LogP contribution in [0, 0.1) is 4.91 Å². The Hall–Kier alpha value is -2.23. The summed E-state index contributed by atoms with van der Waals surface area (Å²) in [5.74, 6) is -0.838. The highest BCUT2D eigenvalue weighted by atomic mass is 16.7. The van der Waals surface area contributed by atoms with E-state index in [1.807, 2.05) is 41.7 Å². The van der Waals surface area contributed by atoms with Crippen LogP contribution in [-0.4, -0.2) is 5.97 Å². The highest BCUT2D eigenvalue weighted by Crippen LogP contribution is 1.97. The molecule has 0 saturated heterocycles. The molecule has 78 valence electrons. The van der Waals surface area contributed by atoms with Crippen LogP contribution in [0.5, 0.6) is 0 Å². The molecule has 0 spiro atoms. The molecular formula is C11H11NO3. The van der Waals surface area contributed by atoms with Crippen molar-refractivity contribution in [3.8, 4) is 0 Å². The fourth-order valence-electron chi connectivity index (χ4n) is 0.663. The molecule has 0 aliphatic carbocycles. The topological polar surface area (TPSA) is 55.7 Å². The highest BCUT2D eigenvalue weighted by Gasteiger charge is 1.89. The Balaban J connectivity index is 0.000000265. The smallest absolute Gasteiger partial charge is 0.280 e. The first kappa shape index (κ1) is 12.8. The summed E-state index contributed by atoms with van der Waals surface area (Å²) in [6.45, 7) is 6.64. The van der Waals surface area contributed by atoms with Crippen LogP contribution in [0.1, 0.15) is 5.56 Å². The number of carbonyl (C=O) groups is 1. The van der Waals surface area contributed by atoms with Crippen molar-refractivity contribution in [1.82, 2.24) is 0 Å². The molecule has 0 radical (unpaired) electrons. The van der Waals surface area contributed by atoms with Gasteiger partial charge in [0.1, 0.15) is 0 Å². The lowest BCUT2D eigenvalue weighted by Crippen LogP contribution is -1.90. The first-order valence-electron chi connectivity index (χ1n) is 4.08. The van der Waals surface area contributed by atoms with Crippen molar-refractivity contribution in [2.45, 2.75) is 0 Å². The fourth-order valence-corrected chi connectivity index (χ4v) is 0.663. The Bertz CT molecular complexity index is 333. The summed E-state index contributed by atoms with van der Waals surface area (Å²) in [7, 11) is 0. The number of carbonyl (C=O) groups excluding carboxylic acids is 1. The van der Waals surface area contributed by atoms with Crippen LogP contribution in [0.15, 0.2) is 54.9 Å². The van der Waals surface area contributed by atoms with Gasteiger partial charge in [-0.1, -0.05) is 49.6 Å². The SMILES string of the molecule is C=CC(=O)ON=O.C=Cc1ccccc1. The number of benzene rings is 1. The van der Waals surface area contributed by atoms with Gasteiger partial charge in [-0.3, -0.25) is 4.84 Å². The third-order valence-electron chi connectivity index (χ3n) is 1.33. The Morgan fingerprint density at radius 2 is 1.87 bits per heavy atom. The molecule has 1 aromatic rings. The Labute approximate surface area is 87.8 Å². The summed E-state index contributed by atoms with van der Waals surface area (Å²) < 4.78 is 0. The summed E-state index contributed by atoms with van der Waals surface area (Å²) in [4.78, 5) is 22.3. The third kappa shape index (κ3) is 6.89. The molecule has 1 rings (SSSR count). The number of hydrogen-bond donors (Lipinski definition) is 0. The molecule has 0 heterocycles. The van der Waals surface area contributed by atoms with Crippen molar-refractivity contribution >= 4 is 12.0 Å². The minimum absolute atomic E-state index is 0.838. The molecule has 0 N–H and O–H groups in total. The van der Waals surface area contributed by atoms with E-state index in [1.54, 1.807) is 0 Å². The van der Waals surface area contributed by atoms with Crippen LogP contribution in [0.25, 0.3) is 6.08 Å². The van der Waals surface area contributed by atoms with Gasteiger partial charge in [-0.2, -0.15) is 0 Å². The molecule has 0 aliphatic heterocycles. The molecule has 0 unspecified atom stereocenters. The van der Waals surface area contributed by atoms with E-state index in [4.69, 9.17) is 4.91 Å². The molecule has 0 bridgehead atoms. The van der Waals surface area contributed by atoms with E-state index in [9.17, 15) is 4.79 Å². The summed E-state index contributed by atoms with van der Waals surface area (Å²) in [5, 5.41) is 1.84. The van der Waals surface area contributed by atoms with E-state index in [2.05, 4.69) is 18.0 Å². The lowest BCUT2D eigenvalue weighted by Gasteiger charge is -1.85. The Kier molecular flexibility index (Phi) is 7.13. The van der Waals surface area contributed by atoms with Gasteiger partial charge in [-0.05, 0) is 5.56 Å². The van der Waals surface area contributed by atoms with Crippen molar-refractivity contribution in [3.63, 3.8) is 0 Å². The number of hydrogen-bond acceptors (Lipinski definition) is 4. The van der Waals surface area contributed by atoms with Crippen molar-refractivity contribution in [1.29, 1.82) is 0 Å². The van der Waals surface area contributed by atoms with E-state index < -0.39 is 5.97 Å². The van der Waals surface area contributed by atoms with Gasteiger partial charge in [0.2, 0.25) is 0 Å². The maximum Gasteiger partial charge on any atom is 0.361 e. The van der Waals surface area contributed by atoms with Gasteiger partial charge in [-0.25, -0.2) is 4.79 Å². The third-order valence-corrected chi connectivity index (χ3v) is 1.33. The molecule has 4 heteroatoms. The van der Waals surface area contributed by atoms with Crippen LogP contribution >= 0.6 is 0 Å². The van der Waals surface area contributed by atoms with Crippen LogP contribution in [-0.2, 0) is 9.63 Å². The number of rotatable bonds is 3. The summed E-state index contributed by atoms with van der Waals surface area (Å²) in [6, 6.07) is 10.0. The average Bonchev–Trinajstić information content (AvgIpc) is 2.31. The summed E-state index contributed by atoms with van der Waals surface area (Å²) in [6.07, 6.45) is 2.68. The van der Waals surface area contributed by atoms with Gasteiger partial charge in [0.25, 0.3) is 0 Å². The first-order chi connectivity index (χ1) is 7.24. The van der Waals surface area contributed by atoms with Gasteiger partial charge in [0.15, 0.2) is 5.34 Å². The van der Waals surface area contributed by atoms with Gasteiger partial charge < -0.3 is 0 Å². The molecule has 15 heavy (non-hydrogen) atoms. The summed E-state index contributed by atoms with van der Waals surface area (Å²) >= 11 is 0. The van der Waals surface area contributed by atoms with Crippen LogP contribution in [0.3, 0.4) is 0 Å². The molecule has 0 aliphatic rings. The van der Waals surface area contributed by atoms with Crippen molar-refractivity contribution in [2.75, 3.05) is 0 Å². The minimum Gasteiger partial charge on any atom is -0.280 e. The molecule has 0 saturated carbocycles. The van der Waals surface area contributed by atoms with E-state index in [-0.39, 0.29) is 0 Å². The maximum atomic E-state index is 9.78. The van der Waals surface area contributed by atoms with Crippen LogP contribution < -0.4 is 0 Å². The fraction of sp³-hybridized carbons (Fsp3) is 0. The van der Waals surface area contributed by atoms with Gasteiger partial charge >= 0.3 is 5.97 Å². The lowest BCUT2D eigenvalue weighted by molar-refractivity contribution is -0.137. The zero-order chi connectivity index (χ0) is 11.5.